The molecule has 3 aromatic rings. The van der Waals surface area contributed by atoms with Crippen molar-refractivity contribution in [1.29, 1.82) is 0 Å². The molecular formula is C23H26N4O3. The molecule has 30 heavy (non-hydrogen) atoms. The maximum Gasteiger partial charge on any atom is 0.262 e. The molecule has 0 saturated carbocycles. The molecule has 1 fully saturated rings. The Morgan fingerprint density at radius 2 is 2.00 bits per heavy atom. The standard InChI is InChI=1S/C23H26N4O3/c1-26-20-11-10-17(24-22(28)16-30-18-7-3-2-4-8-18)15-19(20)25-21(26)12-14-27-13-6-5-9-23(27)29/h2-4,7-8,10-11,15H,5-6,9,12-14,16H2,1H3,(H,24,28). The van der Waals surface area contributed by atoms with Crippen LogP contribution in [-0.2, 0) is 23.1 Å². The predicted octanol–water partition coefficient (Wildman–Crippen LogP) is 3.15. The molecule has 1 aromatic heterocycles. The van der Waals surface area contributed by atoms with Crippen LogP contribution in [0.3, 0.4) is 0 Å². The maximum atomic E-state index is 12.2. The molecule has 2 heterocycles. The largest absolute Gasteiger partial charge is 0.484 e. The zero-order valence-corrected chi connectivity index (χ0v) is 17.1. The zero-order valence-electron chi connectivity index (χ0n) is 17.1. The second-order valence-corrected chi connectivity index (χ2v) is 7.53. The topological polar surface area (TPSA) is 76.5 Å². The van der Waals surface area contributed by atoms with Gasteiger partial charge in [0.05, 0.1) is 11.0 Å². The third-order valence-corrected chi connectivity index (χ3v) is 5.40. The Labute approximate surface area is 175 Å². The van der Waals surface area contributed by atoms with E-state index in [1.807, 2.05) is 65.0 Å². The molecule has 2 amide bonds. The summed E-state index contributed by atoms with van der Waals surface area (Å²) in [4.78, 5) is 30.9. The molecule has 0 atom stereocenters. The Balaban J connectivity index is 1.38. The van der Waals surface area contributed by atoms with Gasteiger partial charge in [0.25, 0.3) is 5.91 Å². The van der Waals surface area contributed by atoms with E-state index in [-0.39, 0.29) is 18.4 Å². The van der Waals surface area contributed by atoms with Gasteiger partial charge in [0.1, 0.15) is 11.6 Å². The summed E-state index contributed by atoms with van der Waals surface area (Å²) in [5, 5.41) is 2.86. The Hall–Kier alpha value is -3.35. The molecule has 0 spiro atoms. The van der Waals surface area contributed by atoms with Crippen molar-refractivity contribution in [3.8, 4) is 5.75 Å². The number of ether oxygens (including phenoxy) is 1. The van der Waals surface area contributed by atoms with E-state index in [4.69, 9.17) is 9.72 Å². The first-order valence-corrected chi connectivity index (χ1v) is 10.3. The Morgan fingerprint density at radius 3 is 2.80 bits per heavy atom. The number of para-hydroxylation sites is 1. The summed E-state index contributed by atoms with van der Waals surface area (Å²) in [6.45, 7) is 1.47. The molecule has 1 N–H and O–H groups in total. The highest BCUT2D eigenvalue weighted by atomic mass is 16.5. The molecule has 7 nitrogen and oxygen atoms in total. The minimum absolute atomic E-state index is 0.0562. The van der Waals surface area contributed by atoms with Crippen molar-refractivity contribution in [3.05, 3.63) is 54.4 Å². The number of nitrogens with zero attached hydrogens (tertiary/aromatic N) is 3. The SMILES string of the molecule is Cn1c(CCN2CCCCC2=O)nc2cc(NC(=O)COc3ccccc3)ccc21. The van der Waals surface area contributed by atoms with E-state index in [2.05, 4.69) is 5.32 Å². The number of rotatable bonds is 7. The number of amides is 2. The quantitative estimate of drug-likeness (QED) is 0.654. The summed E-state index contributed by atoms with van der Waals surface area (Å²) in [6, 6.07) is 14.9. The molecule has 1 aliphatic heterocycles. The average Bonchev–Trinajstić information content (AvgIpc) is 3.07. The Kier molecular flexibility index (Phi) is 5.97. The fraction of sp³-hybridized carbons (Fsp3) is 0.348. The van der Waals surface area contributed by atoms with E-state index in [1.165, 1.54) is 0 Å². The lowest BCUT2D eigenvalue weighted by Crippen LogP contribution is -2.36. The molecular weight excluding hydrogens is 380 g/mol. The van der Waals surface area contributed by atoms with Crippen molar-refractivity contribution in [3.63, 3.8) is 0 Å². The van der Waals surface area contributed by atoms with Gasteiger partial charge in [-0.05, 0) is 43.2 Å². The Bertz CT molecular complexity index is 1050. The number of nitrogens with one attached hydrogen (secondary N) is 1. The molecule has 0 bridgehead atoms. The summed E-state index contributed by atoms with van der Waals surface area (Å²) in [5.41, 5.74) is 2.49. The van der Waals surface area contributed by atoms with Gasteiger partial charge in [0.2, 0.25) is 5.91 Å². The number of aromatic nitrogens is 2. The highest BCUT2D eigenvalue weighted by Gasteiger charge is 2.18. The van der Waals surface area contributed by atoms with E-state index in [0.717, 1.165) is 36.2 Å². The second-order valence-electron chi connectivity index (χ2n) is 7.53. The second kappa shape index (κ2) is 8.98. The van der Waals surface area contributed by atoms with Crippen molar-refractivity contribution in [2.45, 2.75) is 25.7 Å². The molecule has 7 heteroatoms. The summed E-state index contributed by atoms with van der Waals surface area (Å²) in [5.74, 6) is 1.60. The van der Waals surface area contributed by atoms with Crippen LogP contribution < -0.4 is 10.1 Å². The number of aryl methyl sites for hydroxylation is 1. The zero-order chi connectivity index (χ0) is 20.9. The van der Waals surface area contributed by atoms with Crippen LogP contribution >= 0.6 is 0 Å². The maximum absolute atomic E-state index is 12.2. The number of carbonyl (C=O) groups is 2. The smallest absolute Gasteiger partial charge is 0.262 e. The molecule has 0 aliphatic carbocycles. The van der Waals surface area contributed by atoms with E-state index in [0.29, 0.717) is 30.8 Å². The predicted molar refractivity (Wildman–Crippen MR) is 115 cm³/mol. The average molecular weight is 406 g/mol. The minimum Gasteiger partial charge on any atom is -0.484 e. The highest BCUT2D eigenvalue weighted by Crippen LogP contribution is 2.21. The number of imidazole rings is 1. The van der Waals surface area contributed by atoms with Gasteiger partial charge in [-0.15, -0.1) is 0 Å². The van der Waals surface area contributed by atoms with E-state index in [1.54, 1.807) is 0 Å². The van der Waals surface area contributed by atoms with Crippen molar-refractivity contribution in [2.75, 3.05) is 25.0 Å². The van der Waals surface area contributed by atoms with E-state index >= 15 is 0 Å². The first-order chi connectivity index (χ1) is 14.6. The number of anilines is 1. The summed E-state index contributed by atoms with van der Waals surface area (Å²) in [6.07, 6.45) is 3.43. The van der Waals surface area contributed by atoms with Gasteiger partial charge in [-0.25, -0.2) is 4.98 Å². The normalized spacial score (nSPS) is 14.2. The highest BCUT2D eigenvalue weighted by molar-refractivity contribution is 5.94. The molecule has 0 radical (unpaired) electrons. The Morgan fingerprint density at radius 1 is 1.17 bits per heavy atom. The minimum atomic E-state index is -0.224. The van der Waals surface area contributed by atoms with E-state index < -0.39 is 0 Å². The lowest BCUT2D eigenvalue weighted by molar-refractivity contribution is -0.133. The third-order valence-electron chi connectivity index (χ3n) is 5.40. The van der Waals surface area contributed by atoms with Gasteiger partial charge in [-0.1, -0.05) is 18.2 Å². The molecule has 0 unspecified atom stereocenters. The fourth-order valence-corrected chi connectivity index (χ4v) is 3.75. The fourth-order valence-electron chi connectivity index (χ4n) is 3.75. The van der Waals surface area contributed by atoms with Gasteiger partial charge in [-0.2, -0.15) is 0 Å². The third kappa shape index (κ3) is 4.62. The molecule has 156 valence electrons. The first-order valence-electron chi connectivity index (χ1n) is 10.3. The number of piperidine rings is 1. The van der Waals surface area contributed by atoms with Crippen molar-refractivity contribution >= 4 is 28.5 Å². The van der Waals surface area contributed by atoms with Gasteiger partial charge in [0, 0.05) is 38.7 Å². The van der Waals surface area contributed by atoms with Crippen molar-refractivity contribution in [2.24, 2.45) is 7.05 Å². The van der Waals surface area contributed by atoms with Crippen LogP contribution in [0.4, 0.5) is 5.69 Å². The van der Waals surface area contributed by atoms with Gasteiger partial charge >= 0.3 is 0 Å². The monoisotopic (exact) mass is 406 g/mol. The summed E-state index contributed by atoms with van der Waals surface area (Å²) >= 11 is 0. The van der Waals surface area contributed by atoms with Crippen molar-refractivity contribution < 1.29 is 14.3 Å². The molecule has 1 aliphatic rings. The van der Waals surface area contributed by atoms with Crippen LogP contribution in [-0.4, -0.2) is 46.0 Å². The number of benzene rings is 2. The molecule has 1 saturated heterocycles. The van der Waals surface area contributed by atoms with Crippen molar-refractivity contribution in [1.82, 2.24) is 14.5 Å². The van der Waals surface area contributed by atoms with Crippen LogP contribution in [0.15, 0.2) is 48.5 Å². The van der Waals surface area contributed by atoms with Crippen LogP contribution in [0.1, 0.15) is 25.1 Å². The number of hydrogen-bond acceptors (Lipinski definition) is 4. The first kappa shape index (κ1) is 19.9. The van der Waals surface area contributed by atoms with Gasteiger partial charge in [0.15, 0.2) is 6.61 Å². The van der Waals surface area contributed by atoms with Crippen LogP contribution in [0.2, 0.25) is 0 Å². The van der Waals surface area contributed by atoms with Crippen LogP contribution in [0, 0.1) is 0 Å². The summed E-state index contributed by atoms with van der Waals surface area (Å²) in [7, 11) is 1.98. The number of hydrogen-bond donors (Lipinski definition) is 1. The molecule has 2 aromatic carbocycles. The molecule has 4 rings (SSSR count). The van der Waals surface area contributed by atoms with Gasteiger partial charge < -0.3 is 19.5 Å². The van der Waals surface area contributed by atoms with Gasteiger partial charge in [-0.3, -0.25) is 9.59 Å². The number of carbonyl (C=O) groups excluding carboxylic acids is 2. The number of likely N-dealkylation sites (tertiary alicyclic amines) is 1. The van der Waals surface area contributed by atoms with Crippen LogP contribution in [0.25, 0.3) is 11.0 Å². The van der Waals surface area contributed by atoms with Crippen LogP contribution in [0.5, 0.6) is 5.75 Å². The lowest BCUT2D eigenvalue weighted by Gasteiger charge is -2.26. The summed E-state index contributed by atoms with van der Waals surface area (Å²) < 4.78 is 7.53. The van der Waals surface area contributed by atoms with E-state index in [9.17, 15) is 9.59 Å². The lowest BCUT2D eigenvalue weighted by atomic mass is 10.1. The number of fused-ring (bicyclic) bond motifs is 1.